The van der Waals surface area contributed by atoms with Crippen LogP contribution in [0.1, 0.15) is 25.3 Å². The van der Waals surface area contributed by atoms with Crippen LogP contribution in [0.25, 0.3) is 0 Å². The Morgan fingerprint density at radius 3 is 2.57 bits per heavy atom. The second-order valence-electron chi connectivity index (χ2n) is 6.97. The first kappa shape index (κ1) is 19.8. The highest BCUT2D eigenvalue weighted by molar-refractivity contribution is 5.78. The van der Waals surface area contributed by atoms with Gasteiger partial charge in [-0.2, -0.15) is 0 Å². The van der Waals surface area contributed by atoms with Gasteiger partial charge in [0, 0.05) is 25.4 Å². The van der Waals surface area contributed by atoms with Gasteiger partial charge in [0.15, 0.2) is 17.5 Å². The van der Waals surface area contributed by atoms with Crippen LogP contribution in [0.4, 0.5) is 0 Å². The molecule has 7 heteroatoms. The van der Waals surface area contributed by atoms with Crippen LogP contribution in [0, 0.1) is 5.92 Å². The van der Waals surface area contributed by atoms with Gasteiger partial charge in [-0.05, 0) is 36.5 Å². The van der Waals surface area contributed by atoms with Gasteiger partial charge in [0.25, 0.3) is 0 Å². The number of hydrogen-bond acceptors (Lipinski definition) is 5. The van der Waals surface area contributed by atoms with E-state index in [9.17, 15) is 0 Å². The SMILES string of the molecule is COc1cccc(OC)c1Oc1ccc(CN=C(N)N2CCCC(C)C2)cn1. The molecule has 2 heterocycles. The molecule has 1 aliphatic heterocycles. The number of rotatable bonds is 6. The summed E-state index contributed by atoms with van der Waals surface area (Å²) >= 11 is 0. The van der Waals surface area contributed by atoms with E-state index in [2.05, 4.69) is 21.8 Å². The van der Waals surface area contributed by atoms with Crippen LogP contribution in [-0.4, -0.2) is 43.2 Å². The van der Waals surface area contributed by atoms with Gasteiger partial charge >= 0.3 is 0 Å². The molecule has 1 atom stereocenters. The van der Waals surface area contributed by atoms with Crippen LogP contribution in [0.5, 0.6) is 23.1 Å². The number of hydrogen-bond donors (Lipinski definition) is 1. The molecule has 28 heavy (non-hydrogen) atoms. The Balaban J connectivity index is 1.65. The third-order valence-electron chi connectivity index (χ3n) is 4.79. The van der Waals surface area contributed by atoms with Crippen molar-refractivity contribution in [1.82, 2.24) is 9.88 Å². The maximum atomic E-state index is 6.16. The van der Waals surface area contributed by atoms with E-state index in [1.165, 1.54) is 6.42 Å². The van der Waals surface area contributed by atoms with Crippen molar-refractivity contribution in [3.63, 3.8) is 0 Å². The molecule has 150 valence electrons. The molecule has 1 aliphatic rings. The Labute approximate surface area is 166 Å². The van der Waals surface area contributed by atoms with Gasteiger partial charge in [-0.15, -0.1) is 0 Å². The minimum Gasteiger partial charge on any atom is -0.493 e. The van der Waals surface area contributed by atoms with Gasteiger partial charge in [0.2, 0.25) is 11.6 Å². The lowest BCUT2D eigenvalue weighted by Crippen LogP contribution is -2.43. The number of guanidine groups is 1. The maximum absolute atomic E-state index is 6.16. The van der Waals surface area contributed by atoms with Crippen molar-refractivity contribution in [3.05, 3.63) is 42.1 Å². The van der Waals surface area contributed by atoms with Crippen LogP contribution < -0.4 is 19.9 Å². The summed E-state index contributed by atoms with van der Waals surface area (Å²) < 4.78 is 16.6. The van der Waals surface area contributed by atoms with Crippen molar-refractivity contribution in [2.45, 2.75) is 26.3 Å². The molecule has 0 bridgehead atoms. The number of aromatic nitrogens is 1. The van der Waals surface area contributed by atoms with Gasteiger partial charge in [-0.1, -0.05) is 19.1 Å². The van der Waals surface area contributed by atoms with Crippen LogP contribution in [0.15, 0.2) is 41.5 Å². The Kier molecular flexibility index (Phi) is 6.57. The van der Waals surface area contributed by atoms with Gasteiger partial charge in [0.1, 0.15) is 0 Å². The maximum Gasteiger partial charge on any atom is 0.219 e. The number of pyridine rings is 1. The summed E-state index contributed by atoms with van der Waals surface area (Å²) in [4.78, 5) is 11.1. The Bertz CT molecular complexity index is 786. The Morgan fingerprint density at radius 2 is 1.96 bits per heavy atom. The quantitative estimate of drug-likeness (QED) is 0.607. The molecule has 0 radical (unpaired) electrons. The van der Waals surface area contributed by atoms with E-state index >= 15 is 0 Å². The minimum atomic E-state index is 0.452. The molecule has 1 aromatic heterocycles. The lowest BCUT2D eigenvalue weighted by Gasteiger charge is -2.31. The smallest absolute Gasteiger partial charge is 0.219 e. The summed E-state index contributed by atoms with van der Waals surface area (Å²) in [6.07, 6.45) is 4.16. The standard InChI is InChI=1S/C21H28N4O3/c1-15-6-5-11-25(14-15)21(22)24-13-16-9-10-19(23-12-16)28-20-17(26-2)7-4-8-18(20)27-3/h4,7-10,12,15H,5-6,11,13-14H2,1-3H3,(H2,22,24). The zero-order chi connectivity index (χ0) is 19.9. The van der Waals surface area contributed by atoms with Gasteiger partial charge in [-0.25, -0.2) is 9.98 Å². The number of piperidine rings is 1. The molecule has 3 rings (SSSR count). The molecule has 0 spiro atoms. The third-order valence-corrected chi connectivity index (χ3v) is 4.79. The summed E-state index contributed by atoms with van der Waals surface area (Å²) in [5.41, 5.74) is 7.12. The summed E-state index contributed by atoms with van der Waals surface area (Å²) in [7, 11) is 3.17. The first-order chi connectivity index (χ1) is 13.6. The largest absolute Gasteiger partial charge is 0.493 e. The van der Waals surface area contributed by atoms with Crippen molar-refractivity contribution < 1.29 is 14.2 Å². The monoisotopic (exact) mass is 384 g/mol. The number of benzene rings is 1. The fourth-order valence-electron chi connectivity index (χ4n) is 3.26. The number of likely N-dealkylation sites (tertiary alicyclic amines) is 1. The normalized spacial score (nSPS) is 17.3. The van der Waals surface area contributed by atoms with Crippen molar-refractivity contribution in [3.8, 4) is 23.1 Å². The number of nitrogens with zero attached hydrogens (tertiary/aromatic N) is 3. The lowest BCUT2D eigenvalue weighted by molar-refractivity contribution is 0.270. The molecular weight excluding hydrogens is 356 g/mol. The fraction of sp³-hybridized carbons (Fsp3) is 0.429. The first-order valence-corrected chi connectivity index (χ1v) is 9.49. The topological polar surface area (TPSA) is 82.2 Å². The second-order valence-corrected chi connectivity index (χ2v) is 6.97. The predicted octanol–water partition coefficient (Wildman–Crippen LogP) is 3.44. The number of para-hydroxylation sites is 1. The molecule has 1 unspecified atom stereocenters. The molecule has 1 saturated heterocycles. The molecule has 2 aromatic rings. The predicted molar refractivity (Wildman–Crippen MR) is 109 cm³/mol. The second kappa shape index (κ2) is 9.30. The van der Waals surface area contributed by atoms with Crippen molar-refractivity contribution in [1.29, 1.82) is 0 Å². The zero-order valence-electron chi connectivity index (χ0n) is 16.7. The van der Waals surface area contributed by atoms with Crippen LogP contribution in [0.2, 0.25) is 0 Å². The Morgan fingerprint density at radius 1 is 1.21 bits per heavy atom. The third kappa shape index (κ3) is 4.85. The van der Waals surface area contributed by atoms with Crippen molar-refractivity contribution >= 4 is 5.96 Å². The van der Waals surface area contributed by atoms with Crippen LogP contribution in [0.3, 0.4) is 0 Å². The van der Waals surface area contributed by atoms with E-state index in [0.717, 1.165) is 25.1 Å². The average molecular weight is 384 g/mol. The summed E-state index contributed by atoms with van der Waals surface area (Å²) in [5.74, 6) is 3.37. The summed E-state index contributed by atoms with van der Waals surface area (Å²) in [6.45, 7) is 4.69. The van der Waals surface area contributed by atoms with Crippen LogP contribution >= 0.6 is 0 Å². The number of nitrogens with two attached hydrogens (primary N) is 1. The molecule has 0 saturated carbocycles. The van der Waals surface area contributed by atoms with Crippen LogP contribution in [-0.2, 0) is 6.54 Å². The lowest BCUT2D eigenvalue weighted by atomic mass is 10.0. The highest BCUT2D eigenvalue weighted by Gasteiger charge is 2.17. The van der Waals surface area contributed by atoms with Gasteiger partial charge in [0.05, 0.1) is 20.8 Å². The summed E-state index contributed by atoms with van der Waals surface area (Å²) in [5, 5.41) is 0. The highest BCUT2D eigenvalue weighted by atomic mass is 16.5. The molecule has 1 fully saturated rings. The van der Waals surface area contributed by atoms with Crippen molar-refractivity contribution in [2.75, 3.05) is 27.3 Å². The molecule has 0 aliphatic carbocycles. The number of aliphatic imine (C=N–C) groups is 1. The van der Waals surface area contributed by atoms with E-state index in [1.54, 1.807) is 26.5 Å². The van der Waals surface area contributed by atoms with E-state index in [1.807, 2.05) is 24.3 Å². The van der Waals surface area contributed by atoms with E-state index in [4.69, 9.17) is 19.9 Å². The molecule has 7 nitrogen and oxygen atoms in total. The van der Waals surface area contributed by atoms with E-state index in [-0.39, 0.29) is 0 Å². The molecule has 0 amide bonds. The average Bonchev–Trinajstić information content (AvgIpc) is 2.73. The van der Waals surface area contributed by atoms with Crippen molar-refractivity contribution in [2.24, 2.45) is 16.6 Å². The summed E-state index contributed by atoms with van der Waals surface area (Å²) in [6, 6.07) is 9.19. The molecular formula is C21H28N4O3. The number of methoxy groups -OCH3 is 2. The first-order valence-electron chi connectivity index (χ1n) is 9.49. The molecule has 2 N–H and O–H groups in total. The van der Waals surface area contributed by atoms with Gasteiger partial charge in [-0.3, -0.25) is 0 Å². The van der Waals surface area contributed by atoms with E-state index in [0.29, 0.717) is 41.6 Å². The highest BCUT2D eigenvalue weighted by Crippen LogP contribution is 2.39. The molecule has 1 aromatic carbocycles. The van der Waals surface area contributed by atoms with E-state index < -0.39 is 0 Å². The number of ether oxygens (including phenoxy) is 3. The minimum absolute atomic E-state index is 0.452. The zero-order valence-corrected chi connectivity index (χ0v) is 16.7. The fourth-order valence-corrected chi connectivity index (χ4v) is 3.26. The Hall–Kier alpha value is -2.96. The van der Waals surface area contributed by atoms with Gasteiger partial charge < -0.3 is 24.8 Å².